The number of hydrogen-bond donors (Lipinski definition) is 1. The smallest absolute Gasteiger partial charge is 0.271 e. The summed E-state index contributed by atoms with van der Waals surface area (Å²) in [5, 5.41) is 13.4. The van der Waals surface area contributed by atoms with E-state index in [1.165, 1.54) is 18.2 Å². The van der Waals surface area contributed by atoms with Crippen LogP contribution in [0.4, 0.5) is 17.1 Å². The molecule has 8 heteroatoms. The van der Waals surface area contributed by atoms with Gasteiger partial charge in [0.05, 0.1) is 10.6 Å². The van der Waals surface area contributed by atoms with Crippen LogP contribution in [0.2, 0.25) is 0 Å². The summed E-state index contributed by atoms with van der Waals surface area (Å²) >= 11 is 3.25. The monoisotopic (exact) mass is 419 g/mol. The number of nitrogens with zero attached hydrogens (tertiary/aromatic N) is 2. The second kappa shape index (κ2) is 9.10. The molecule has 2 aromatic carbocycles. The van der Waals surface area contributed by atoms with Crippen molar-refractivity contribution in [2.75, 3.05) is 17.3 Å². The first kappa shape index (κ1) is 19.6. The maximum Gasteiger partial charge on any atom is 0.271 e. The summed E-state index contributed by atoms with van der Waals surface area (Å²) < 4.78 is 0.552. The van der Waals surface area contributed by atoms with Crippen molar-refractivity contribution in [2.24, 2.45) is 0 Å². The number of nitro benzene ring substituents is 1. The van der Waals surface area contributed by atoms with Crippen LogP contribution in [0.15, 0.2) is 53.0 Å². The van der Waals surface area contributed by atoms with Gasteiger partial charge in [0, 0.05) is 42.2 Å². The van der Waals surface area contributed by atoms with E-state index < -0.39 is 4.92 Å². The molecule has 7 nitrogen and oxygen atoms in total. The van der Waals surface area contributed by atoms with Gasteiger partial charge in [-0.2, -0.15) is 0 Å². The van der Waals surface area contributed by atoms with Crippen molar-refractivity contribution in [1.82, 2.24) is 0 Å². The standard InChI is InChI=1S/C18H18BrN3O4/c1-21(13-6-3-2-4-7-13)18(24)9-5-8-17(23)20-16-12-14(22(25)26)10-11-15(16)19/h2-4,6-7,10-12H,5,8-9H2,1H3,(H,20,23). The summed E-state index contributed by atoms with van der Waals surface area (Å²) in [5.41, 5.74) is 1.02. The molecule has 136 valence electrons. The van der Waals surface area contributed by atoms with E-state index in [9.17, 15) is 19.7 Å². The molecule has 0 bridgehead atoms. The van der Waals surface area contributed by atoms with E-state index >= 15 is 0 Å². The Morgan fingerprint density at radius 2 is 1.85 bits per heavy atom. The molecule has 0 atom stereocenters. The fourth-order valence-corrected chi connectivity index (χ4v) is 2.64. The van der Waals surface area contributed by atoms with E-state index in [0.29, 0.717) is 16.6 Å². The average Bonchev–Trinajstić information content (AvgIpc) is 2.63. The van der Waals surface area contributed by atoms with Gasteiger partial charge in [0.15, 0.2) is 0 Å². The van der Waals surface area contributed by atoms with Crippen LogP contribution in [0.25, 0.3) is 0 Å². The zero-order valence-electron chi connectivity index (χ0n) is 14.1. The number of anilines is 2. The summed E-state index contributed by atoms with van der Waals surface area (Å²) in [7, 11) is 1.69. The highest BCUT2D eigenvalue weighted by atomic mass is 79.9. The number of rotatable bonds is 7. The maximum atomic E-state index is 12.2. The third kappa shape index (κ3) is 5.38. The van der Waals surface area contributed by atoms with Crippen molar-refractivity contribution in [3.63, 3.8) is 0 Å². The van der Waals surface area contributed by atoms with Crippen LogP contribution in [-0.4, -0.2) is 23.8 Å². The van der Waals surface area contributed by atoms with Crippen molar-refractivity contribution in [1.29, 1.82) is 0 Å². The number of nitrogens with one attached hydrogen (secondary N) is 1. The molecule has 0 aliphatic carbocycles. The topological polar surface area (TPSA) is 92.6 Å². The molecule has 0 saturated heterocycles. The van der Waals surface area contributed by atoms with Crippen LogP contribution >= 0.6 is 15.9 Å². The van der Waals surface area contributed by atoms with Gasteiger partial charge in [-0.15, -0.1) is 0 Å². The fraction of sp³-hybridized carbons (Fsp3) is 0.222. The lowest BCUT2D eigenvalue weighted by atomic mass is 10.2. The van der Waals surface area contributed by atoms with Gasteiger partial charge < -0.3 is 10.2 Å². The molecule has 0 aliphatic heterocycles. The minimum Gasteiger partial charge on any atom is -0.325 e. The molecule has 26 heavy (non-hydrogen) atoms. The van der Waals surface area contributed by atoms with Crippen LogP contribution < -0.4 is 10.2 Å². The van der Waals surface area contributed by atoms with E-state index in [1.807, 2.05) is 30.3 Å². The van der Waals surface area contributed by atoms with E-state index in [-0.39, 0.29) is 30.3 Å². The van der Waals surface area contributed by atoms with Gasteiger partial charge in [-0.3, -0.25) is 19.7 Å². The molecule has 0 saturated carbocycles. The van der Waals surface area contributed by atoms with Gasteiger partial charge in [-0.25, -0.2) is 0 Å². The van der Waals surface area contributed by atoms with Gasteiger partial charge >= 0.3 is 0 Å². The molecule has 0 aliphatic rings. The molecule has 0 radical (unpaired) electrons. The Kier molecular flexibility index (Phi) is 6.85. The van der Waals surface area contributed by atoms with E-state index in [1.54, 1.807) is 11.9 Å². The van der Waals surface area contributed by atoms with Crippen LogP contribution in [0.3, 0.4) is 0 Å². The number of hydrogen-bond acceptors (Lipinski definition) is 4. The molecule has 0 fully saturated rings. The van der Waals surface area contributed by atoms with Crippen LogP contribution in [0, 0.1) is 10.1 Å². The quantitative estimate of drug-likeness (QED) is 0.539. The predicted octanol–water partition coefficient (Wildman–Crippen LogP) is 4.13. The van der Waals surface area contributed by atoms with Crippen molar-refractivity contribution in [3.05, 3.63) is 63.1 Å². The van der Waals surface area contributed by atoms with Gasteiger partial charge in [-0.05, 0) is 40.5 Å². The number of carbonyl (C=O) groups is 2. The number of amides is 2. The Balaban J connectivity index is 1.85. The molecule has 2 amide bonds. The fourth-order valence-electron chi connectivity index (χ4n) is 2.30. The SMILES string of the molecule is CN(C(=O)CCCC(=O)Nc1cc([N+](=O)[O-])ccc1Br)c1ccccc1. The molecular weight excluding hydrogens is 402 g/mol. The van der Waals surface area contributed by atoms with Gasteiger partial charge in [0.25, 0.3) is 5.69 Å². The second-order valence-electron chi connectivity index (χ2n) is 5.61. The van der Waals surface area contributed by atoms with Gasteiger partial charge in [0.1, 0.15) is 0 Å². The Hall–Kier alpha value is -2.74. The summed E-state index contributed by atoms with van der Waals surface area (Å²) in [5.74, 6) is -0.387. The number of para-hydroxylation sites is 1. The van der Waals surface area contributed by atoms with Crippen LogP contribution in [0.5, 0.6) is 0 Å². The Morgan fingerprint density at radius 3 is 2.50 bits per heavy atom. The Morgan fingerprint density at radius 1 is 1.15 bits per heavy atom. The number of nitro groups is 1. The Bertz CT molecular complexity index is 811. The summed E-state index contributed by atoms with van der Waals surface area (Å²) in [6.45, 7) is 0. The van der Waals surface area contributed by atoms with Gasteiger partial charge in [-0.1, -0.05) is 18.2 Å². The molecule has 1 N–H and O–H groups in total. The first-order chi connectivity index (χ1) is 12.4. The lowest BCUT2D eigenvalue weighted by Crippen LogP contribution is -2.26. The predicted molar refractivity (Wildman–Crippen MR) is 103 cm³/mol. The molecule has 0 heterocycles. The zero-order chi connectivity index (χ0) is 19.1. The number of non-ortho nitro benzene ring substituents is 1. The molecule has 2 aromatic rings. The number of benzene rings is 2. The summed E-state index contributed by atoms with van der Waals surface area (Å²) in [4.78, 5) is 36.0. The summed E-state index contributed by atoms with van der Waals surface area (Å²) in [6.07, 6.45) is 0.757. The highest BCUT2D eigenvalue weighted by Gasteiger charge is 2.14. The maximum absolute atomic E-state index is 12.2. The first-order valence-corrected chi connectivity index (χ1v) is 8.73. The minimum atomic E-state index is -0.528. The van der Waals surface area contributed by atoms with Crippen molar-refractivity contribution < 1.29 is 14.5 Å². The van der Waals surface area contributed by atoms with Crippen LogP contribution in [0.1, 0.15) is 19.3 Å². The van der Waals surface area contributed by atoms with E-state index in [2.05, 4.69) is 21.2 Å². The van der Waals surface area contributed by atoms with Crippen molar-refractivity contribution in [2.45, 2.75) is 19.3 Å². The molecule has 0 unspecified atom stereocenters. The molecule has 0 aromatic heterocycles. The molecular formula is C18H18BrN3O4. The zero-order valence-corrected chi connectivity index (χ0v) is 15.7. The van der Waals surface area contributed by atoms with Crippen molar-refractivity contribution in [3.8, 4) is 0 Å². The normalized spacial score (nSPS) is 10.2. The Labute approximate surface area is 159 Å². The average molecular weight is 420 g/mol. The minimum absolute atomic E-state index is 0.0828. The van der Waals surface area contributed by atoms with Crippen LogP contribution in [-0.2, 0) is 9.59 Å². The number of carbonyl (C=O) groups excluding carboxylic acids is 2. The highest BCUT2D eigenvalue weighted by Crippen LogP contribution is 2.27. The van der Waals surface area contributed by atoms with E-state index in [0.717, 1.165) is 5.69 Å². The third-order valence-electron chi connectivity index (χ3n) is 3.75. The lowest BCUT2D eigenvalue weighted by molar-refractivity contribution is -0.384. The molecule has 0 spiro atoms. The van der Waals surface area contributed by atoms with Crippen molar-refractivity contribution >= 4 is 44.8 Å². The van der Waals surface area contributed by atoms with Gasteiger partial charge in [0.2, 0.25) is 11.8 Å². The summed E-state index contributed by atoms with van der Waals surface area (Å²) in [6, 6.07) is 13.4. The first-order valence-electron chi connectivity index (χ1n) is 7.94. The van der Waals surface area contributed by atoms with E-state index in [4.69, 9.17) is 0 Å². The molecule has 2 rings (SSSR count). The third-order valence-corrected chi connectivity index (χ3v) is 4.44. The largest absolute Gasteiger partial charge is 0.325 e. The second-order valence-corrected chi connectivity index (χ2v) is 6.47. The number of halogens is 1. The highest BCUT2D eigenvalue weighted by molar-refractivity contribution is 9.10. The lowest BCUT2D eigenvalue weighted by Gasteiger charge is -2.17.